The third-order valence-corrected chi connectivity index (χ3v) is 1.47. The number of alkyl halides is 3. The highest BCUT2D eigenvalue weighted by atomic mass is 35.5. The maximum absolute atomic E-state index is 12.1. The molecule has 0 amide bonds. The van der Waals surface area contributed by atoms with Gasteiger partial charge in [0.2, 0.25) is 0 Å². The lowest BCUT2D eigenvalue weighted by molar-refractivity contribution is -0.0964. The van der Waals surface area contributed by atoms with Gasteiger partial charge in [0.1, 0.15) is 5.75 Å². The Morgan fingerprint density at radius 2 is 1.85 bits per heavy atom. The summed E-state index contributed by atoms with van der Waals surface area (Å²) in [7, 11) is 0. The lowest BCUT2D eigenvalue weighted by atomic mass is 10.2. The van der Waals surface area contributed by atoms with E-state index in [0.717, 1.165) is 5.56 Å². The van der Waals surface area contributed by atoms with Crippen LogP contribution in [0.25, 0.3) is 0 Å². The maximum Gasteiger partial charge on any atom is 0.487 e. The van der Waals surface area contributed by atoms with Gasteiger partial charge in [0.25, 0.3) is 0 Å². The first kappa shape index (κ1) is 10.2. The summed E-state index contributed by atoms with van der Waals surface area (Å²) in [5.74, 6) is 0.0113. The zero-order valence-electron chi connectivity index (χ0n) is 6.64. The third-order valence-electron chi connectivity index (χ3n) is 1.39. The van der Waals surface area contributed by atoms with Crippen molar-refractivity contribution < 1.29 is 13.5 Å². The Morgan fingerprint density at radius 1 is 1.31 bits per heavy atom. The van der Waals surface area contributed by atoms with E-state index in [0.29, 0.717) is 6.54 Å². The predicted molar refractivity (Wildman–Crippen MR) is 45.8 cm³/mol. The summed E-state index contributed by atoms with van der Waals surface area (Å²) >= 11 is 4.56. The zero-order chi connectivity index (χ0) is 9.90. The summed E-state index contributed by atoms with van der Waals surface area (Å²) in [6.45, 7) is 0.359. The monoisotopic (exact) mass is 207 g/mol. The summed E-state index contributed by atoms with van der Waals surface area (Å²) in [5, 5.41) is 0. The smallest absolute Gasteiger partial charge is 0.420 e. The van der Waals surface area contributed by atoms with Gasteiger partial charge in [-0.05, 0) is 17.7 Å². The van der Waals surface area contributed by atoms with Crippen LogP contribution in [0.15, 0.2) is 24.3 Å². The first-order chi connectivity index (χ1) is 6.01. The first-order valence-corrected chi connectivity index (χ1v) is 3.94. The first-order valence-electron chi connectivity index (χ1n) is 3.56. The maximum atomic E-state index is 12.1. The molecule has 1 rings (SSSR count). The second-order valence-electron chi connectivity index (χ2n) is 2.40. The van der Waals surface area contributed by atoms with Crippen LogP contribution in [0, 0.1) is 0 Å². The van der Waals surface area contributed by atoms with E-state index in [1.807, 2.05) is 0 Å². The van der Waals surface area contributed by atoms with Crippen molar-refractivity contribution in [2.45, 2.75) is 12.1 Å². The van der Waals surface area contributed by atoms with Crippen LogP contribution in [0.3, 0.4) is 0 Å². The Hall–Kier alpha value is -0.870. The molecular weight excluding hydrogens is 200 g/mol. The van der Waals surface area contributed by atoms with E-state index >= 15 is 0 Å². The molecule has 0 saturated carbocycles. The van der Waals surface area contributed by atoms with Crippen molar-refractivity contribution in [1.82, 2.24) is 0 Å². The largest absolute Gasteiger partial charge is 0.487 e. The molecule has 2 nitrogen and oxygen atoms in total. The minimum absolute atomic E-state index is 0.0113. The van der Waals surface area contributed by atoms with Crippen LogP contribution in [0.2, 0.25) is 0 Å². The number of ether oxygens (including phenoxy) is 1. The number of hydrogen-bond acceptors (Lipinski definition) is 2. The van der Waals surface area contributed by atoms with Crippen molar-refractivity contribution in [2.24, 2.45) is 5.73 Å². The van der Waals surface area contributed by atoms with Crippen molar-refractivity contribution in [3.63, 3.8) is 0 Å². The molecule has 72 valence electrons. The van der Waals surface area contributed by atoms with Crippen LogP contribution < -0.4 is 10.5 Å². The van der Waals surface area contributed by atoms with E-state index in [4.69, 9.17) is 5.73 Å². The van der Waals surface area contributed by atoms with E-state index in [9.17, 15) is 8.78 Å². The van der Waals surface area contributed by atoms with Gasteiger partial charge in [-0.15, -0.1) is 8.78 Å². The van der Waals surface area contributed by atoms with Crippen molar-refractivity contribution in [2.75, 3.05) is 0 Å². The average Bonchev–Trinajstić information content (AvgIpc) is 2.03. The van der Waals surface area contributed by atoms with E-state index in [1.54, 1.807) is 12.1 Å². The summed E-state index contributed by atoms with van der Waals surface area (Å²) in [6, 6.07) is 5.97. The van der Waals surface area contributed by atoms with Crippen molar-refractivity contribution in [3.8, 4) is 5.75 Å². The molecule has 13 heavy (non-hydrogen) atoms. The van der Waals surface area contributed by atoms with Gasteiger partial charge < -0.3 is 10.5 Å². The molecule has 0 aliphatic carbocycles. The van der Waals surface area contributed by atoms with Gasteiger partial charge in [-0.2, -0.15) is 0 Å². The summed E-state index contributed by atoms with van der Waals surface area (Å²) in [4.78, 5) is 0. The molecule has 0 saturated heterocycles. The fourth-order valence-corrected chi connectivity index (χ4v) is 0.916. The number of hydrogen-bond donors (Lipinski definition) is 1. The van der Waals surface area contributed by atoms with Gasteiger partial charge in [-0.1, -0.05) is 12.1 Å². The molecule has 0 unspecified atom stereocenters. The summed E-state index contributed by atoms with van der Waals surface area (Å²) in [6.07, 6.45) is 0. The molecule has 2 N–H and O–H groups in total. The molecule has 0 aliphatic heterocycles. The van der Waals surface area contributed by atoms with Crippen LogP contribution in [-0.2, 0) is 6.54 Å². The molecule has 0 spiro atoms. The van der Waals surface area contributed by atoms with Crippen molar-refractivity contribution in [3.05, 3.63) is 29.8 Å². The molecule has 0 aromatic heterocycles. The second-order valence-corrected chi connectivity index (χ2v) is 2.84. The molecule has 0 aliphatic rings. The lowest BCUT2D eigenvalue weighted by Gasteiger charge is -2.10. The Bertz CT molecular complexity index is 270. The minimum Gasteiger partial charge on any atom is -0.420 e. The Balaban J connectivity index is 2.70. The van der Waals surface area contributed by atoms with Crippen molar-refractivity contribution >= 4 is 11.6 Å². The highest BCUT2D eigenvalue weighted by Crippen LogP contribution is 2.24. The van der Waals surface area contributed by atoms with Crippen molar-refractivity contribution in [1.29, 1.82) is 0 Å². The molecule has 0 radical (unpaired) electrons. The summed E-state index contributed by atoms with van der Waals surface area (Å²) < 4.78 is 28.3. The molecule has 5 heteroatoms. The molecule has 0 bridgehead atoms. The molecule has 0 atom stereocenters. The minimum atomic E-state index is -3.66. The van der Waals surface area contributed by atoms with Gasteiger partial charge in [-0.3, -0.25) is 0 Å². The molecule has 1 aromatic carbocycles. The Labute approximate surface area is 79.2 Å². The van der Waals surface area contributed by atoms with E-state index in [2.05, 4.69) is 16.3 Å². The number of rotatable bonds is 3. The molecule has 0 heterocycles. The number of halogens is 3. The van der Waals surface area contributed by atoms with Crippen LogP contribution >= 0.6 is 11.6 Å². The third kappa shape index (κ3) is 3.57. The SMILES string of the molecule is NCc1ccc(OC(F)(F)Cl)cc1. The van der Waals surface area contributed by atoms with Gasteiger partial charge in [-0.25, -0.2) is 0 Å². The zero-order valence-corrected chi connectivity index (χ0v) is 7.39. The van der Waals surface area contributed by atoms with Crippen LogP contribution in [0.5, 0.6) is 5.75 Å². The van der Waals surface area contributed by atoms with Crippen LogP contribution in [0.4, 0.5) is 8.78 Å². The average molecular weight is 208 g/mol. The van der Waals surface area contributed by atoms with E-state index in [-0.39, 0.29) is 5.75 Å². The van der Waals surface area contributed by atoms with E-state index < -0.39 is 5.57 Å². The van der Waals surface area contributed by atoms with Crippen LogP contribution in [-0.4, -0.2) is 5.57 Å². The number of nitrogens with two attached hydrogens (primary N) is 1. The fourth-order valence-electron chi connectivity index (χ4n) is 0.827. The Morgan fingerprint density at radius 3 is 2.23 bits per heavy atom. The fraction of sp³-hybridized carbons (Fsp3) is 0.250. The van der Waals surface area contributed by atoms with Gasteiger partial charge in [0, 0.05) is 18.1 Å². The standard InChI is InChI=1S/C8H8ClF2NO/c9-8(10,11)13-7-3-1-6(5-12)2-4-7/h1-4H,5,12H2. The van der Waals surface area contributed by atoms with Gasteiger partial charge in [0.15, 0.2) is 0 Å². The van der Waals surface area contributed by atoms with E-state index in [1.165, 1.54) is 12.1 Å². The molecule has 0 fully saturated rings. The molecular formula is C8H8ClF2NO. The summed E-state index contributed by atoms with van der Waals surface area (Å²) in [5.41, 5.74) is 2.49. The number of benzene rings is 1. The van der Waals surface area contributed by atoms with Gasteiger partial charge >= 0.3 is 5.57 Å². The quantitative estimate of drug-likeness (QED) is 0.772. The Kier molecular flexibility index (Phi) is 3.06. The van der Waals surface area contributed by atoms with Crippen LogP contribution in [0.1, 0.15) is 5.56 Å². The molecule has 1 aromatic rings. The second kappa shape index (κ2) is 3.89. The highest BCUT2D eigenvalue weighted by Gasteiger charge is 2.27. The normalized spacial score (nSPS) is 11.4. The topological polar surface area (TPSA) is 35.2 Å². The predicted octanol–water partition coefficient (Wildman–Crippen LogP) is 2.31. The lowest BCUT2D eigenvalue weighted by Crippen LogP contribution is -2.15. The van der Waals surface area contributed by atoms with Gasteiger partial charge in [0.05, 0.1) is 0 Å². The highest BCUT2D eigenvalue weighted by molar-refractivity contribution is 6.20.